The van der Waals surface area contributed by atoms with Crippen LogP contribution in [0.2, 0.25) is 0 Å². The third-order valence-electron chi connectivity index (χ3n) is 2.76. The number of likely N-dealkylation sites (N-methyl/N-ethyl adjacent to an activating group) is 1. The molecule has 0 aliphatic carbocycles. The maximum absolute atomic E-state index is 5.74. The molecule has 0 aliphatic rings. The molecule has 0 bridgehead atoms. The van der Waals surface area contributed by atoms with Gasteiger partial charge >= 0.3 is 0 Å². The topological polar surface area (TPSA) is 21.3 Å². The fourth-order valence-electron chi connectivity index (χ4n) is 1.52. The Balaban J connectivity index is 2.42. The summed E-state index contributed by atoms with van der Waals surface area (Å²) in [4.78, 5) is 0. The zero-order valence-electron chi connectivity index (χ0n) is 9.86. The lowest BCUT2D eigenvalue weighted by Crippen LogP contribution is -2.22. The summed E-state index contributed by atoms with van der Waals surface area (Å²) in [5, 5.41) is 3.08. The van der Waals surface area contributed by atoms with E-state index in [4.69, 9.17) is 4.74 Å². The fourth-order valence-corrected chi connectivity index (χ4v) is 1.52. The monoisotopic (exact) mass is 207 g/mol. The summed E-state index contributed by atoms with van der Waals surface area (Å²) in [6, 6.07) is 10.5. The number of hydrogen-bond donors (Lipinski definition) is 1. The van der Waals surface area contributed by atoms with Crippen LogP contribution in [0.4, 0.5) is 0 Å². The third-order valence-corrected chi connectivity index (χ3v) is 2.76. The molecule has 0 radical (unpaired) electrons. The standard InChI is InChI=1S/C13H21NO/c1-11(12(2)15-10-9-14-3)13-7-5-4-6-8-13/h4-8,11-12,14H,9-10H2,1-3H3/t11-,12?/m1/s1. The van der Waals surface area contributed by atoms with Crippen molar-refractivity contribution in [2.24, 2.45) is 0 Å². The van der Waals surface area contributed by atoms with Gasteiger partial charge in [-0.1, -0.05) is 37.3 Å². The zero-order chi connectivity index (χ0) is 11.1. The van der Waals surface area contributed by atoms with Crippen molar-refractivity contribution in [2.75, 3.05) is 20.2 Å². The van der Waals surface area contributed by atoms with Gasteiger partial charge in [-0.2, -0.15) is 0 Å². The molecule has 0 heterocycles. The maximum atomic E-state index is 5.74. The highest BCUT2D eigenvalue weighted by Crippen LogP contribution is 2.20. The van der Waals surface area contributed by atoms with Crippen molar-refractivity contribution in [1.82, 2.24) is 5.32 Å². The molecule has 1 aromatic carbocycles. The van der Waals surface area contributed by atoms with Gasteiger partial charge in [-0.05, 0) is 19.5 Å². The molecule has 2 heteroatoms. The van der Waals surface area contributed by atoms with E-state index in [1.165, 1.54) is 5.56 Å². The quantitative estimate of drug-likeness (QED) is 0.723. The van der Waals surface area contributed by atoms with Gasteiger partial charge in [-0.15, -0.1) is 0 Å². The summed E-state index contributed by atoms with van der Waals surface area (Å²) in [5.74, 6) is 0.447. The predicted molar refractivity (Wildman–Crippen MR) is 64.2 cm³/mol. The normalized spacial score (nSPS) is 14.9. The highest BCUT2D eigenvalue weighted by molar-refractivity contribution is 5.19. The highest BCUT2D eigenvalue weighted by atomic mass is 16.5. The van der Waals surface area contributed by atoms with Crippen LogP contribution >= 0.6 is 0 Å². The fraction of sp³-hybridized carbons (Fsp3) is 0.538. The second-order valence-electron chi connectivity index (χ2n) is 3.88. The molecule has 1 unspecified atom stereocenters. The first-order valence-corrected chi connectivity index (χ1v) is 5.57. The molecular weight excluding hydrogens is 186 g/mol. The predicted octanol–water partition coefficient (Wildman–Crippen LogP) is 2.41. The van der Waals surface area contributed by atoms with Crippen LogP contribution in [-0.2, 0) is 4.74 Å². The van der Waals surface area contributed by atoms with Gasteiger partial charge in [0.15, 0.2) is 0 Å². The summed E-state index contributed by atoms with van der Waals surface area (Å²) < 4.78 is 5.74. The number of nitrogens with one attached hydrogen (secondary N) is 1. The van der Waals surface area contributed by atoms with Crippen molar-refractivity contribution < 1.29 is 4.74 Å². The first-order valence-electron chi connectivity index (χ1n) is 5.57. The molecule has 1 N–H and O–H groups in total. The summed E-state index contributed by atoms with van der Waals surface area (Å²) in [6.45, 7) is 6.02. The number of rotatable bonds is 6. The van der Waals surface area contributed by atoms with E-state index < -0.39 is 0 Å². The summed E-state index contributed by atoms with van der Waals surface area (Å²) in [5.41, 5.74) is 1.34. The van der Waals surface area contributed by atoms with Gasteiger partial charge in [0.1, 0.15) is 0 Å². The average Bonchev–Trinajstić information content (AvgIpc) is 2.29. The van der Waals surface area contributed by atoms with Crippen molar-refractivity contribution in [3.63, 3.8) is 0 Å². The van der Waals surface area contributed by atoms with Gasteiger partial charge in [0.25, 0.3) is 0 Å². The molecular formula is C13H21NO. The Hall–Kier alpha value is -0.860. The van der Waals surface area contributed by atoms with Crippen LogP contribution < -0.4 is 5.32 Å². The number of ether oxygens (including phenoxy) is 1. The Labute approximate surface area is 92.6 Å². The van der Waals surface area contributed by atoms with E-state index in [2.05, 4.69) is 43.4 Å². The second kappa shape index (κ2) is 6.59. The zero-order valence-corrected chi connectivity index (χ0v) is 9.86. The number of hydrogen-bond acceptors (Lipinski definition) is 2. The molecule has 2 atom stereocenters. The van der Waals surface area contributed by atoms with E-state index in [9.17, 15) is 0 Å². The molecule has 0 aliphatic heterocycles. The van der Waals surface area contributed by atoms with E-state index >= 15 is 0 Å². The molecule has 0 amide bonds. The molecule has 1 rings (SSSR count). The first kappa shape index (κ1) is 12.2. The molecule has 15 heavy (non-hydrogen) atoms. The summed E-state index contributed by atoms with van der Waals surface area (Å²) in [6.07, 6.45) is 0.265. The van der Waals surface area contributed by atoms with Crippen LogP contribution in [0.1, 0.15) is 25.3 Å². The Morgan fingerprint density at radius 1 is 1.20 bits per heavy atom. The van der Waals surface area contributed by atoms with E-state index in [0.29, 0.717) is 5.92 Å². The SMILES string of the molecule is CNCCOC(C)[C@@H](C)c1ccccc1. The Bertz CT molecular complexity index is 260. The molecule has 0 saturated heterocycles. The molecule has 0 spiro atoms. The molecule has 2 nitrogen and oxygen atoms in total. The molecule has 0 saturated carbocycles. The molecule has 0 aromatic heterocycles. The maximum Gasteiger partial charge on any atom is 0.0613 e. The minimum absolute atomic E-state index is 0.265. The van der Waals surface area contributed by atoms with Crippen LogP contribution in [0.5, 0.6) is 0 Å². The summed E-state index contributed by atoms with van der Waals surface area (Å²) in [7, 11) is 1.94. The Morgan fingerprint density at radius 3 is 2.47 bits per heavy atom. The minimum Gasteiger partial charge on any atom is -0.377 e. The van der Waals surface area contributed by atoms with Gasteiger partial charge in [-0.3, -0.25) is 0 Å². The van der Waals surface area contributed by atoms with Crippen LogP contribution in [0.25, 0.3) is 0 Å². The largest absolute Gasteiger partial charge is 0.377 e. The van der Waals surface area contributed by atoms with Crippen molar-refractivity contribution in [1.29, 1.82) is 0 Å². The van der Waals surface area contributed by atoms with Crippen LogP contribution in [-0.4, -0.2) is 26.3 Å². The lowest BCUT2D eigenvalue weighted by atomic mass is 9.96. The van der Waals surface area contributed by atoms with Crippen LogP contribution in [0, 0.1) is 0 Å². The molecule has 1 aromatic rings. The van der Waals surface area contributed by atoms with Gasteiger partial charge < -0.3 is 10.1 Å². The van der Waals surface area contributed by atoms with E-state index in [-0.39, 0.29) is 6.10 Å². The second-order valence-corrected chi connectivity index (χ2v) is 3.88. The third kappa shape index (κ3) is 4.02. The van der Waals surface area contributed by atoms with E-state index in [1.807, 2.05) is 13.1 Å². The highest BCUT2D eigenvalue weighted by Gasteiger charge is 2.13. The molecule has 0 fully saturated rings. The van der Waals surface area contributed by atoms with Gasteiger partial charge in [0.05, 0.1) is 12.7 Å². The lowest BCUT2D eigenvalue weighted by molar-refractivity contribution is 0.0534. The van der Waals surface area contributed by atoms with Crippen molar-refractivity contribution in [3.8, 4) is 0 Å². The van der Waals surface area contributed by atoms with Crippen LogP contribution in [0.15, 0.2) is 30.3 Å². The van der Waals surface area contributed by atoms with E-state index in [0.717, 1.165) is 13.2 Å². The van der Waals surface area contributed by atoms with Gasteiger partial charge in [-0.25, -0.2) is 0 Å². The van der Waals surface area contributed by atoms with Gasteiger partial charge in [0, 0.05) is 12.5 Å². The Kier molecular flexibility index (Phi) is 5.37. The van der Waals surface area contributed by atoms with Crippen molar-refractivity contribution >= 4 is 0 Å². The first-order chi connectivity index (χ1) is 7.25. The van der Waals surface area contributed by atoms with Gasteiger partial charge in [0.2, 0.25) is 0 Å². The van der Waals surface area contributed by atoms with Crippen LogP contribution in [0.3, 0.4) is 0 Å². The minimum atomic E-state index is 0.265. The van der Waals surface area contributed by atoms with Crippen molar-refractivity contribution in [3.05, 3.63) is 35.9 Å². The van der Waals surface area contributed by atoms with Crippen molar-refractivity contribution in [2.45, 2.75) is 25.9 Å². The lowest BCUT2D eigenvalue weighted by Gasteiger charge is -2.20. The Morgan fingerprint density at radius 2 is 1.87 bits per heavy atom. The van der Waals surface area contributed by atoms with E-state index in [1.54, 1.807) is 0 Å². The smallest absolute Gasteiger partial charge is 0.0613 e. The average molecular weight is 207 g/mol. The number of benzene rings is 1. The summed E-state index contributed by atoms with van der Waals surface area (Å²) >= 11 is 0. The molecule has 84 valence electrons.